The quantitative estimate of drug-likeness (QED) is 0.887. The lowest BCUT2D eigenvalue weighted by Crippen LogP contribution is -2.21. The lowest BCUT2D eigenvalue weighted by molar-refractivity contribution is -0.274. The molecule has 0 bridgehead atoms. The minimum atomic E-state index is -4.75. The van der Waals surface area contributed by atoms with Crippen molar-refractivity contribution in [2.24, 2.45) is 5.73 Å². The van der Waals surface area contributed by atoms with Gasteiger partial charge in [-0.15, -0.1) is 13.2 Å². The van der Waals surface area contributed by atoms with Crippen molar-refractivity contribution in [1.82, 2.24) is 9.97 Å². The van der Waals surface area contributed by atoms with Crippen molar-refractivity contribution in [2.75, 3.05) is 0 Å². The van der Waals surface area contributed by atoms with Gasteiger partial charge in [-0.2, -0.15) is 0 Å². The number of ether oxygens (including phenoxy) is 1. The summed E-state index contributed by atoms with van der Waals surface area (Å²) in [7, 11) is 0. The number of aromatic amines is 1. The summed E-state index contributed by atoms with van der Waals surface area (Å²) in [6.07, 6.45) is -1.73. The molecule has 0 saturated heterocycles. The van der Waals surface area contributed by atoms with E-state index in [1.54, 1.807) is 12.3 Å². The number of nitrogens with zero attached hydrogens (tertiary/aromatic N) is 1. The van der Waals surface area contributed by atoms with Crippen LogP contribution in [0.1, 0.15) is 17.4 Å². The van der Waals surface area contributed by atoms with Crippen LogP contribution in [-0.2, 0) is 0 Å². The minimum absolute atomic E-state index is 0.213. The average Bonchev–Trinajstić information content (AvgIpc) is 2.80. The number of alkyl halides is 3. The molecule has 18 heavy (non-hydrogen) atoms. The molecule has 0 aliphatic heterocycles. The first-order valence-electron chi connectivity index (χ1n) is 5.07. The molecule has 0 spiro atoms. The van der Waals surface area contributed by atoms with Crippen LogP contribution in [-0.4, -0.2) is 16.3 Å². The predicted molar refractivity (Wildman–Crippen MR) is 57.7 cm³/mol. The fourth-order valence-electron chi connectivity index (χ4n) is 1.55. The Kier molecular flexibility index (Phi) is 3.24. The van der Waals surface area contributed by atoms with Crippen LogP contribution < -0.4 is 10.5 Å². The molecule has 7 heteroatoms. The minimum Gasteiger partial charge on any atom is -0.405 e. The van der Waals surface area contributed by atoms with Gasteiger partial charge < -0.3 is 15.5 Å². The van der Waals surface area contributed by atoms with E-state index in [9.17, 15) is 13.2 Å². The Morgan fingerprint density at radius 3 is 2.61 bits per heavy atom. The molecule has 96 valence electrons. The van der Waals surface area contributed by atoms with Crippen LogP contribution in [0.4, 0.5) is 13.2 Å². The molecular formula is C11H10F3N3O. The number of imidazole rings is 1. The van der Waals surface area contributed by atoms with Gasteiger partial charge in [0.15, 0.2) is 0 Å². The molecule has 2 rings (SSSR count). The predicted octanol–water partition coefficient (Wildman–Crippen LogP) is 2.36. The van der Waals surface area contributed by atoms with Crippen LogP contribution >= 0.6 is 0 Å². The molecule has 0 saturated carbocycles. The smallest absolute Gasteiger partial charge is 0.405 e. The van der Waals surface area contributed by atoms with Gasteiger partial charge in [0.25, 0.3) is 0 Å². The fourth-order valence-corrected chi connectivity index (χ4v) is 1.55. The lowest BCUT2D eigenvalue weighted by Gasteiger charge is -2.16. The van der Waals surface area contributed by atoms with E-state index in [1.165, 1.54) is 24.4 Å². The van der Waals surface area contributed by atoms with Crippen molar-refractivity contribution in [2.45, 2.75) is 12.4 Å². The Hall–Kier alpha value is -2.02. The second-order valence-electron chi connectivity index (χ2n) is 3.54. The van der Waals surface area contributed by atoms with Crippen LogP contribution in [0.5, 0.6) is 5.75 Å². The van der Waals surface area contributed by atoms with E-state index >= 15 is 0 Å². The molecule has 1 heterocycles. The highest BCUT2D eigenvalue weighted by molar-refractivity contribution is 5.38. The van der Waals surface area contributed by atoms with E-state index in [1.807, 2.05) is 0 Å². The summed E-state index contributed by atoms with van der Waals surface area (Å²) in [6.45, 7) is 0. The third-order valence-electron chi connectivity index (χ3n) is 2.29. The molecule has 0 radical (unpaired) electrons. The molecule has 1 aromatic heterocycles. The average molecular weight is 257 g/mol. The normalized spacial score (nSPS) is 13.3. The summed E-state index contributed by atoms with van der Waals surface area (Å²) in [6, 6.07) is 4.90. The van der Waals surface area contributed by atoms with E-state index < -0.39 is 12.4 Å². The van der Waals surface area contributed by atoms with E-state index in [0.29, 0.717) is 5.82 Å². The Morgan fingerprint density at radius 2 is 2.00 bits per heavy atom. The summed E-state index contributed by atoms with van der Waals surface area (Å²) in [4.78, 5) is 6.67. The van der Waals surface area contributed by atoms with Gasteiger partial charge in [-0.05, 0) is 6.07 Å². The van der Waals surface area contributed by atoms with Crippen molar-refractivity contribution in [3.63, 3.8) is 0 Å². The molecular weight excluding hydrogens is 247 g/mol. The largest absolute Gasteiger partial charge is 0.573 e. The summed E-state index contributed by atoms with van der Waals surface area (Å²) in [5.41, 5.74) is 6.05. The number of halogens is 3. The van der Waals surface area contributed by atoms with Gasteiger partial charge >= 0.3 is 6.36 Å². The summed E-state index contributed by atoms with van der Waals surface area (Å²) < 4.78 is 40.7. The number of hydrogen-bond acceptors (Lipinski definition) is 3. The number of hydrogen-bond donors (Lipinski definition) is 2. The Bertz CT molecular complexity index is 511. The Balaban J connectivity index is 2.33. The first-order chi connectivity index (χ1) is 8.47. The maximum Gasteiger partial charge on any atom is 0.573 e. The van der Waals surface area contributed by atoms with Crippen molar-refractivity contribution in [3.8, 4) is 5.75 Å². The summed E-state index contributed by atoms with van der Waals surface area (Å²) in [5, 5.41) is 0. The van der Waals surface area contributed by atoms with Crippen LogP contribution in [0.2, 0.25) is 0 Å². The van der Waals surface area contributed by atoms with Gasteiger partial charge in [-0.3, -0.25) is 0 Å². The molecule has 0 aliphatic rings. The van der Waals surface area contributed by atoms with Gasteiger partial charge in [-0.1, -0.05) is 18.2 Å². The molecule has 1 unspecified atom stereocenters. The van der Waals surface area contributed by atoms with Gasteiger partial charge in [0.2, 0.25) is 0 Å². The Morgan fingerprint density at radius 1 is 1.28 bits per heavy atom. The highest BCUT2D eigenvalue weighted by Crippen LogP contribution is 2.30. The van der Waals surface area contributed by atoms with Crippen molar-refractivity contribution in [3.05, 3.63) is 48.0 Å². The fraction of sp³-hybridized carbons (Fsp3) is 0.182. The van der Waals surface area contributed by atoms with Crippen molar-refractivity contribution < 1.29 is 17.9 Å². The van der Waals surface area contributed by atoms with Crippen LogP contribution in [0.25, 0.3) is 0 Å². The Labute approximate surface area is 101 Å². The molecule has 0 fully saturated rings. The highest BCUT2D eigenvalue weighted by Gasteiger charge is 2.32. The van der Waals surface area contributed by atoms with E-state index in [-0.39, 0.29) is 11.3 Å². The number of rotatable bonds is 3. The first kappa shape index (κ1) is 12.4. The zero-order chi connectivity index (χ0) is 13.2. The molecule has 1 atom stereocenters. The van der Waals surface area contributed by atoms with E-state index in [2.05, 4.69) is 14.7 Å². The molecule has 0 aliphatic carbocycles. The van der Waals surface area contributed by atoms with Gasteiger partial charge in [0.1, 0.15) is 11.6 Å². The van der Waals surface area contributed by atoms with Crippen LogP contribution in [0, 0.1) is 0 Å². The standard InChI is InChI=1S/C11H10F3N3O/c12-11(13,14)18-8-4-2-1-3-7(8)9(15)10-16-5-6-17-10/h1-6,9H,15H2,(H,16,17). The number of aromatic nitrogens is 2. The number of H-pyrrole nitrogens is 1. The van der Waals surface area contributed by atoms with Gasteiger partial charge in [-0.25, -0.2) is 4.98 Å². The number of benzene rings is 1. The van der Waals surface area contributed by atoms with E-state index in [4.69, 9.17) is 5.73 Å². The maximum absolute atomic E-state index is 12.2. The molecule has 3 N–H and O–H groups in total. The number of nitrogens with one attached hydrogen (secondary N) is 1. The molecule has 4 nitrogen and oxygen atoms in total. The zero-order valence-corrected chi connectivity index (χ0v) is 9.11. The lowest BCUT2D eigenvalue weighted by atomic mass is 10.1. The zero-order valence-electron chi connectivity index (χ0n) is 9.11. The monoisotopic (exact) mass is 257 g/mol. The topological polar surface area (TPSA) is 63.9 Å². The molecule has 0 amide bonds. The second-order valence-corrected chi connectivity index (χ2v) is 3.54. The third kappa shape index (κ3) is 2.80. The molecule has 2 aromatic rings. The first-order valence-corrected chi connectivity index (χ1v) is 5.07. The summed E-state index contributed by atoms with van der Waals surface area (Å²) >= 11 is 0. The summed E-state index contributed by atoms with van der Waals surface area (Å²) in [5.74, 6) is 0.0436. The second kappa shape index (κ2) is 4.69. The van der Waals surface area contributed by atoms with Gasteiger partial charge in [0.05, 0.1) is 6.04 Å². The maximum atomic E-state index is 12.2. The van der Waals surface area contributed by atoms with Gasteiger partial charge in [0, 0.05) is 18.0 Å². The van der Waals surface area contributed by atoms with Crippen molar-refractivity contribution in [1.29, 1.82) is 0 Å². The molecule has 1 aromatic carbocycles. The third-order valence-corrected chi connectivity index (χ3v) is 2.29. The number of nitrogens with two attached hydrogens (primary N) is 1. The van der Waals surface area contributed by atoms with Crippen LogP contribution in [0.3, 0.4) is 0 Å². The number of para-hydroxylation sites is 1. The SMILES string of the molecule is NC(c1ncc[nH]1)c1ccccc1OC(F)(F)F. The highest BCUT2D eigenvalue weighted by atomic mass is 19.4. The van der Waals surface area contributed by atoms with Crippen molar-refractivity contribution >= 4 is 0 Å². The van der Waals surface area contributed by atoms with Crippen LogP contribution in [0.15, 0.2) is 36.7 Å². The van der Waals surface area contributed by atoms with E-state index in [0.717, 1.165) is 0 Å².